The van der Waals surface area contributed by atoms with E-state index in [0.29, 0.717) is 33.6 Å². The Bertz CT molecular complexity index is 1290. The molecule has 3 heterocycles. The highest BCUT2D eigenvalue weighted by molar-refractivity contribution is 7.20. The maximum Gasteiger partial charge on any atom is 0.349 e. The Kier molecular flexibility index (Phi) is 6.55. The molecule has 0 fully saturated rings. The highest BCUT2D eigenvalue weighted by Crippen LogP contribution is 2.29. The molecule has 33 heavy (non-hydrogen) atoms. The summed E-state index contributed by atoms with van der Waals surface area (Å²) in [6.07, 6.45) is 3.71. The fourth-order valence-corrected chi connectivity index (χ4v) is 4.89. The van der Waals surface area contributed by atoms with E-state index >= 15 is 0 Å². The van der Waals surface area contributed by atoms with Crippen LogP contribution in [0.1, 0.15) is 50.7 Å². The molecule has 172 valence electrons. The molecule has 0 bridgehead atoms. The van der Waals surface area contributed by atoms with E-state index in [1.54, 1.807) is 23.6 Å². The zero-order chi connectivity index (χ0) is 23.5. The van der Waals surface area contributed by atoms with Crippen molar-refractivity contribution in [1.29, 1.82) is 0 Å². The van der Waals surface area contributed by atoms with Gasteiger partial charge in [-0.1, -0.05) is 6.42 Å². The summed E-state index contributed by atoms with van der Waals surface area (Å²) in [6, 6.07) is 6.12. The summed E-state index contributed by atoms with van der Waals surface area (Å²) in [7, 11) is 1.28. The third-order valence-electron chi connectivity index (χ3n) is 5.52. The van der Waals surface area contributed by atoms with E-state index in [9.17, 15) is 19.2 Å². The number of aromatic nitrogens is 2. The number of fused-ring (bicyclic) bond motifs is 2. The Hall–Kier alpha value is -3.53. The molecule has 0 unspecified atom stereocenters. The van der Waals surface area contributed by atoms with Crippen molar-refractivity contribution in [2.75, 3.05) is 19.0 Å². The van der Waals surface area contributed by atoms with Crippen LogP contribution in [0.25, 0.3) is 10.2 Å². The summed E-state index contributed by atoms with van der Waals surface area (Å²) in [5.74, 6) is -0.932. The number of esters is 2. The standard InChI is InChI=1S/C23H23N3O6S/c1-13-18-20(25-16-6-4-3-5-11-26(16)21(18)28)33-19(13)23(30)32-12-17(27)24-15-9-7-14(8-10-15)22(29)31-2/h7-10H,3-6,11-12H2,1-2H3,(H,24,27). The minimum Gasteiger partial charge on any atom is -0.465 e. The predicted molar refractivity (Wildman–Crippen MR) is 123 cm³/mol. The lowest BCUT2D eigenvalue weighted by Gasteiger charge is -2.08. The molecule has 1 amide bonds. The molecule has 1 aromatic carbocycles. The van der Waals surface area contributed by atoms with Gasteiger partial charge in [-0.25, -0.2) is 14.6 Å². The van der Waals surface area contributed by atoms with Gasteiger partial charge in [0.25, 0.3) is 11.5 Å². The number of carbonyl (C=O) groups excluding carboxylic acids is 3. The van der Waals surface area contributed by atoms with Crippen LogP contribution < -0.4 is 10.9 Å². The number of nitrogens with one attached hydrogen (secondary N) is 1. The van der Waals surface area contributed by atoms with Gasteiger partial charge >= 0.3 is 11.9 Å². The lowest BCUT2D eigenvalue weighted by atomic mass is 10.2. The van der Waals surface area contributed by atoms with Gasteiger partial charge < -0.3 is 14.8 Å². The van der Waals surface area contributed by atoms with Crippen LogP contribution in [0.2, 0.25) is 0 Å². The topological polar surface area (TPSA) is 117 Å². The molecule has 9 nitrogen and oxygen atoms in total. The first-order valence-electron chi connectivity index (χ1n) is 10.6. The van der Waals surface area contributed by atoms with Crippen molar-refractivity contribution >= 4 is 45.1 Å². The number of thiophene rings is 1. The van der Waals surface area contributed by atoms with Crippen LogP contribution >= 0.6 is 11.3 Å². The largest absolute Gasteiger partial charge is 0.465 e. The van der Waals surface area contributed by atoms with Gasteiger partial charge in [0.05, 0.1) is 18.1 Å². The second-order valence-electron chi connectivity index (χ2n) is 7.73. The molecule has 4 rings (SSSR count). The van der Waals surface area contributed by atoms with Crippen molar-refractivity contribution in [2.24, 2.45) is 0 Å². The number of hydrogen-bond donors (Lipinski definition) is 1. The van der Waals surface area contributed by atoms with E-state index in [2.05, 4.69) is 15.0 Å². The molecule has 2 aromatic heterocycles. The molecule has 0 spiro atoms. The Morgan fingerprint density at radius 2 is 1.88 bits per heavy atom. The molecule has 0 saturated heterocycles. The summed E-state index contributed by atoms with van der Waals surface area (Å²) < 4.78 is 11.5. The molecule has 3 aromatic rings. The first-order valence-corrected chi connectivity index (χ1v) is 11.4. The quantitative estimate of drug-likeness (QED) is 0.571. The number of anilines is 1. The predicted octanol–water partition coefficient (Wildman–Crippen LogP) is 3.07. The SMILES string of the molecule is COC(=O)c1ccc(NC(=O)COC(=O)c2sc3nc4n(c(=O)c3c2C)CCCCC4)cc1. The molecule has 10 heteroatoms. The molecule has 1 aliphatic rings. The first-order chi connectivity index (χ1) is 15.9. The van der Waals surface area contributed by atoms with Crippen molar-refractivity contribution in [3.63, 3.8) is 0 Å². The van der Waals surface area contributed by atoms with Gasteiger partial charge in [0.2, 0.25) is 0 Å². The molecule has 0 radical (unpaired) electrons. The Morgan fingerprint density at radius 3 is 2.61 bits per heavy atom. The van der Waals surface area contributed by atoms with E-state index < -0.39 is 24.5 Å². The molecular weight excluding hydrogens is 446 g/mol. The summed E-state index contributed by atoms with van der Waals surface area (Å²) in [5.41, 5.74) is 1.19. The summed E-state index contributed by atoms with van der Waals surface area (Å²) in [6.45, 7) is 1.84. The number of amides is 1. The van der Waals surface area contributed by atoms with Crippen LogP contribution in [0.5, 0.6) is 0 Å². The van der Waals surface area contributed by atoms with Crippen LogP contribution in [-0.2, 0) is 27.2 Å². The van der Waals surface area contributed by atoms with Gasteiger partial charge in [-0.05, 0) is 49.6 Å². The van der Waals surface area contributed by atoms with Gasteiger partial charge in [0.15, 0.2) is 6.61 Å². The van der Waals surface area contributed by atoms with Gasteiger partial charge in [-0.2, -0.15) is 0 Å². The molecule has 1 N–H and O–H groups in total. The Morgan fingerprint density at radius 1 is 1.12 bits per heavy atom. The normalized spacial score (nSPS) is 13.2. The van der Waals surface area contributed by atoms with Crippen molar-refractivity contribution in [3.05, 3.63) is 56.4 Å². The van der Waals surface area contributed by atoms with E-state index in [1.807, 2.05) is 0 Å². The maximum absolute atomic E-state index is 13.0. The number of ether oxygens (including phenoxy) is 2. The fourth-order valence-electron chi connectivity index (χ4n) is 3.81. The maximum atomic E-state index is 13.0. The Labute approximate surface area is 193 Å². The minimum atomic E-state index is -0.675. The number of methoxy groups -OCH3 is 1. The number of nitrogens with zero attached hydrogens (tertiary/aromatic N) is 2. The third kappa shape index (κ3) is 4.65. The van der Waals surface area contributed by atoms with Crippen LogP contribution in [0.4, 0.5) is 5.69 Å². The van der Waals surface area contributed by atoms with Crippen LogP contribution in [0.15, 0.2) is 29.1 Å². The summed E-state index contributed by atoms with van der Waals surface area (Å²) in [4.78, 5) is 54.8. The molecule has 1 aliphatic heterocycles. The molecule has 0 aliphatic carbocycles. The van der Waals surface area contributed by atoms with E-state index in [1.165, 1.54) is 19.2 Å². The van der Waals surface area contributed by atoms with Gasteiger partial charge in [-0.15, -0.1) is 11.3 Å². The second-order valence-corrected chi connectivity index (χ2v) is 8.72. The molecule has 0 saturated carbocycles. The fraction of sp³-hybridized carbons (Fsp3) is 0.348. The van der Waals surface area contributed by atoms with Crippen LogP contribution in [0.3, 0.4) is 0 Å². The van der Waals surface area contributed by atoms with E-state index in [4.69, 9.17) is 4.74 Å². The highest BCUT2D eigenvalue weighted by atomic mass is 32.1. The first kappa shape index (κ1) is 22.7. The van der Waals surface area contributed by atoms with E-state index in [0.717, 1.165) is 42.8 Å². The number of aryl methyl sites for hydroxylation is 2. The van der Waals surface area contributed by atoms with Crippen molar-refractivity contribution < 1.29 is 23.9 Å². The van der Waals surface area contributed by atoms with Gasteiger partial charge in [0.1, 0.15) is 15.5 Å². The van der Waals surface area contributed by atoms with Crippen LogP contribution in [-0.4, -0.2) is 41.1 Å². The number of rotatable bonds is 5. The lowest BCUT2D eigenvalue weighted by Crippen LogP contribution is -2.24. The summed E-state index contributed by atoms with van der Waals surface area (Å²) >= 11 is 1.11. The van der Waals surface area contributed by atoms with Gasteiger partial charge in [-0.3, -0.25) is 14.2 Å². The van der Waals surface area contributed by atoms with E-state index in [-0.39, 0.29) is 10.4 Å². The lowest BCUT2D eigenvalue weighted by molar-refractivity contribution is -0.119. The third-order valence-corrected chi connectivity index (χ3v) is 6.69. The highest BCUT2D eigenvalue weighted by Gasteiger charge is 2.23. The van der Waals surface area contributed by atoms with Crippen molar-refractivity contribution in [2.45, 2.75) is 39.2 Å². The minimum absolute atomic E-state index is 0.127. The van der Waals surface area contributed by atoms with Crippen LogP contribution in [0, 0.1) is 6.92 Å². The molecule has 0 atom stereocenters. The Balaban J connectivity index is 1.45. The number of benzene rings is 1. The zero-order valence-electron chi connectivity index (χ0n) is 18.3. The zero-order valence-corrected chi connectivity index (χ0v) is 19.1. The van der Waals surface area contributed by atoms with Crippen molar-refractivity contribution in [1.82, 2.24) is 9.55 Å². The van der Waals surface area contributed by atoms with Gasteiger partial charge in [0, 0.05) is 18.7 Å². The second kappa shape index (κ2) is 9.53. The average Bonchev–Trinajstić information content (AvgIpc) is 2.97. The number of hydrogen-bond acceptors (Lipinski definition) is 8. The monoisotopic (exact) mass is 469 g/mol. The number of carbonyl (C=O) groups is 3. The smallest absolute Gasteiger partial charge is 0.349 e. The average molecular weight is 470 g/mol. The van der Waals surface area contributed by atoms with Crippen molar-refractivity contribution in [3.8, 4) is 0 Å². The molecular formula is C23H23N3O6S. The summed E-state index contributed by atoms with van der Waals surface area (Å²) in [5, 5.41) is 3.03.